The third-order valence-corrected chi connectivity index (χ3v) is 14.4. The highest BCUT2D eigenvalue weighted by atomic mass is 16.3. The monoisotopic (exact) mass is 808 g/mol. The van der Waals surface area contributed by atoms with E-state index in [1.165, 1.54) is 77.4 Å². The number of anilines is 3. The molecule has 0 aliphatic heterocycles. The van der Waals surface area contributed by atoms with E-state index in [4.69, 9.17) is 4.42 Å². The lowest BCUT2D eigenvalue weighted by Crippen LogP contribution is -2.18. The summed E-state index contributed by atoms with van der Waals surface area (Å²) < 4.78 is 9.50. The Morgan fingerprint density at radius 3 is 1.65 bits per heavy atom. The second-order valence-electron chi connectivity index (χ2n) is 18.5. The van der Waals surface area contributed by atoms with Gasteiger partial charge >= 0.3 is 0 Å². The Hall–Kier alpha value is -7.62. The molecule has 11 aromatic rings. The van der Waals surface area contributed by atoms with Crippen molar-refractivity contribution in [2.75, 3.05) is 4.90 Å². The van der Waals surface area contributed by atoms with Gasteiger partial charge in [-0.15, -0.1) is 0 Å². The highest BCUT2D eigenvalue weighted by molar-refractivity contribution is 6.18. The van der Waals surface area contributed by atoms with Crippen molar-refractivity contribution >= 4 is 60.8 Å². The van der Waals surface area contributed by atoms with Crippen molar-refractivity contribution in [3.05, 3.63) is 216 Å². The minimum atomic E-state index is -0.342. The van der Waals surface area contributed by atoms with Gasteiger partial charge in [-0.25, -0.2) is 0 Å². The van der Waals surface area contributed by atoms with Crippen LogP contribution >= 0.6 is 0 Å². The number of para-hydroxylation sites is 3. The fourth-order valence-corrected chi connectivity index (χ4v) is 11.3. The molecule has 0 radical (unpaired) electrons. The van der Waals surface area contributed by atoms with Crippen molar-refractivity contribution in [1.82, 2.24) is 4.57 Å². The Bertz CT molecular complexity index is 3620. The van der Waals surface area contributed by atoms with Crippen LogP contribution in [0.1, 0.15) is 49.9 Å². The number of nitrogens with zero attached hydrogens (tertiary/aromatic N) is 2. The van der Waals surface area contributed by atoms with Crippen LogP contribution in [0.4, 0.5) is 17.1 Å². The zero-order chi connectivity index (χ0) is 42.2. The molecule has 0 saturated heterocycles. The molecule has 13 rings (SSSR count). The van der Waals surface area contributed by atoms with Crippen molar-refractivity contribution in [2.24, 2.45) is 0 Å². The molecule has 2 heterocycles. The molecule has 0 N–H and O–H groups in total. The van der Waals surface area contributed by atoms with Crippen LogP contribution in [0.15, 0.2) is 199 Å². The molecule has 3 heteroatoms. The quantitative estimate of drug-likeness (QED) is 0.173. The molecule has 0 bridgehead atoms. The van der Waals surface area contributed by atoms with Crippen molar-refractivity contribution in [3.63, 3.8) is 0 Å². The van der Waals surface area contributed by atoms with Crippen LogP contribution in [0.25, 0.3) is 82.8 Å². The molecule has 300 valence electrons. The number of hydrogen-bond donors (Lipinski definition) is 0. The summed E-state index contributed by atoms with van der Waals surface area (Å²) in [4.78, 5) is 2.45. The number of rotatable bonds is 5. The first-order valence-electron chi connectivity index (χ1n) is 22.1. The van der Waals surface area contributed by atoms with Crippen LogP contribution in [0.2, 0.25) is 0 Å². The van der Waals surface area contributed by atoms with E-state index in [2.05, 4.69) is 231 Å². The van der Waals surface area contributed by atoms with E-state index < -0.39 is 0 Å². The normalized spacial score (nSPS) is 14.3. The maximum absolute atomic E-state index is 7.04. The number of benzene rings is 9. The third-order valence-electron chi connectivity index (χ3n) is 14.4. The summed E-state index contributed by atoms with van der Waals surface area (Å²) in [7, 11) is 0. The fourth-order valence-electron chi connectivity index (χ4n) is 11.3. The highest BCUT2D eigenvalue weighted by Gasteiger charge is 2.40. The molecule has 0 spiro atoms. The standard InChI is InChI=1S/C60H44N2O/c1-59(2)48-22-12-8-18-42(48)43-32-30-40(34-49(43)59)61(39-28-26-38(27-29-39)37-16-6-5-7-17-37)41-31-33-46-50(35-41)60(3,4)51-36-54(57-47-21-11-15-25-55(47)63-58(57)56(46)51)62-52-23-13-9-19-44(52)45-20-10-14-24-53(45)62/h5-36H,1-4H3. The lowest BCUT2D eigenvalue weighted by Gasteiger charge is -2.30. The Labute approximate surface area is 367 Å². The van der Waals surface area contributed by atoms with Gasteiger partial charge in [-0.05, 0) is 111 Å². The fraction of sp³-hybridized carbons (Fsp3) is 0.100. The summed E-state index contributed by atoms with van der Waals surface area (Å²) in [5.74, 6) is 0. The Morgan fingerprint density at radius 2 is 0.937 bits per heavy atom. The molecule has 3 nitrogen and oxygen atoms in total. The van der Waals surface area contributed by atoms with Gasteiger partial charge in [0.2, 0.25) is 0 Å². The topological polar surface area (TPSA) is 21.3 Å². The number of furan rings is 1. The Kier molecular flexibility index (Phi) is 7.42. The number of fused-ring (bicyclic) bond motifs is 13. The lowest BCUT2D eigenvalue weighted by atomic mass is 9.81. The van der Waals surface area contributed by atoms with E-state index >= 15 is 0 Å². The molecule has 0 fully saturated rings. The summed E-state index contributed by atoms with van der Waals surface area (Å²) in [5, 5.41) is 4.77. The van der Waals surface area contributed by atoms with E-state index in [1.54, 1.807) is 0 Å². The molecule has 9 aromatic carbocycles. The zero-order valence-electron chi connectivity index (χ0n) is 35.8. The first kappa shape index (κ1) is 36.1. The minimum absolute atomic E-state index is 0.127. The number of aromatic nitrogens is 1. The molecular formula is C60H44N2O. The van der Waals surface area contributed by atoms with Gasteiger partial charge < -0.3 is 13.9 Å². The average molecular weight is 809 g/mol. The first-order chi connectivity index (χ1) is 30.8. The van der Waals surface area contributed by atoms with Crippen molar-refractivity contribution in [3.8, 4) is 39.1 Å². The summed E-state index contributed by atoms with van der Waals surface area (Å²) in [5.41, 5.74) is 21.0. The van der Waals surface area contributed by atoms with Gasteiger partial charge in [-0.1, -0.05) is 161 Å². The molecule has 0 unspecified atom stereocenters. The largest absolute Gasteiger partial charge is 0.455 e. The van der Waals surface area contributed by atoms with Gasteiger partial charge in [0.1, 0.15) is 11.2 Å². The SMILES string of the molecule is CC1(C)c2ccccc2-c2ccc(N(c3ccc(-c4ccccc4)cc3)c3ccc4c(c3)C(C)(C)c3cc(-n5c6ccccc6c6ccccc65)c5c(oc6ccccc65)c3-4)cc21. The molecule has 2 aliphatic carbocycles. The molecule has 63 heavy (non-hydrogen) atoms. The van der Waals surface area contributed by atoms with Crippen molar-refractivity contribution in [1.29, 1.82) is 0 Å². The van der Waals surface area contributed by atoms with Gasteiger partial charge in [0.15, 0.2) is 0 Å². The molecule has 0 atom stereocenters. The summed E-state index contributed by atoms with van der Waals surface area (Å²) in [6.45, 7) is 9.50. The lowest BCUT2D eigenvalue weighted by molar-refractivity contribution is 0.652. The van der Waals surface area contributed by atoms with Crippen LogP contribution in [0, 0.1) is 0 Å². The van der Waals surface area contributed by atoms with Crippen LogP contribution < -0.4 is 4.90 Å². The maximum Gasteiger partial charge on any atom is 0.145 e. The molecule has 2 aliphatic rings. The van der Waals surface area contributed by atoms with Crippen LogP contribution in [-0.2, 0) is 10.8 Å². The van der Waals surface area contributed by atoms with Crippen LogP contribution in [0.3, 0.4) is 0 Å². The van der Waals surface area contributed by atoms with E-state index in [1.807, 2.05) is 0 Å². The van der Waals surface area contributed by atoms with Crippen molar-refractivity contribution in [2.45, 2.75) is 38.5 Å². The minimum Gasteiger partial charge on any atom is -0.455 e. The van der Waals surface area contributed by atoms with Gasteiger partial charge in [-0.2, -0.15) is 0 Å². The van der Waals surface area contributed by atoms with E-state index in [0.29, 0.717) is 0 Å². The van der Waals surface area contributed by atoms with Gasteiger partial charge in [0.25, 0.3) is 0 Å². The van der Waals surface area contributed by atoms with E-state index in [0.717, 1.165) is 44.7 Å². The molecule has 0 saturated carbocycles. The van der Waals surface area contributed by atoms with Crippen molar-refractivity contribution < 1.29 is 4.42 Å². The van der Waals surface area contributed by atoms with Gasteiger partial charge in [-0.3, -0.25) is 0 Å². The Morgan fingerprint density at radius 1 is 0.413 bits per heavy atom. The smallest absolute Gasteiger partial charge is 0.145 e. The summed E-state index contributed by atoms with van der Waals surface area (Å²) in [6, 6.07) is 71.4. The van der Waals surface area contributed by atoms with Gasteiger partial charge in [0, 0.05) is 49.6 Å². The van der Waals surface area contributed by atoms with Crippen LogP contribution in [-0.4, -0.2) is 4.57 Å². The number of hydrogen-bond acceptors (Lipinski definition) is 2. The second kappa shape index (κ2) is 13.0. The first-order valence-corrected chi connectivity index (χ1v) is 22.1. The predicted octanol–water partition coefficient (Wildman–Crippen LogP) is 16.4. The highest BCUT2D eigenvalue weighted by Crippen LogP contribution is 2.56. The predicted molar refractivity (Wildman–Crippen MR) is 263 cm³/mol. The maximum atomic E-state index is 7.04. The van der Waals surface area contributed by atoms with Crippen LogP contribution in [0.5, 0.6) is 0 Å². The van der Waals surface area contributed by atoms with E-state index in [-0.39, 0.29) is 10.8 Å². The zero-order valence-corrected chi connectivity index (χ0v) is 35.8. The second-order valence-corrected chi connectivity index (χ2v) is 18.5. The molecule has 2 aromatic heterocycles. The Balaban J connectivity index is 1.03. The summed E-state index contributed by atoms with van der Waals surface area (Å²) in [6.07, 6.45) is 0. The summed E-state index contributed by atoms with van der Waals surface area (Å²) >= 11 is 0. The molecular weight excluding hydrogens is 765 g/mol. The van der Waals surface area contributed by atoms with Gasteiger partial charge in [0.05, 0.1) is 22.1 Å². The van der Waals surface area contributed by atoms with E-state index in [9.17, 15) is 0 Å². The average Bonchev–Trinajstić information content (AvgIpc) is 4.01. The third kappa shape index (κ3) is 5.02. The molecule has 0 amide bonds.